The van der Waals surface area contributed by atoms with Gasteiger partial charge in [0.2, 0.25) is 0 Å². The van der Waals surface area contributed by atoms with Crippen molar-refractivity contribution in [3.63, 3.8) is 0 Å². The second kappa shape index (κ2) is 4.04. The average Bonchev–Trinajstić information content (AvgIpc) is 2.03. The molecule has 0 radical (unpaired) electrons. The van der Waals surface area contributed by atoms with E-state index < -0.39 is 0 Å². The van der Waals surface area contributed by atoms with E-state index in [2.05, 4.69) is 16.2 Å². The standard InChI is InChI=1S/C8H9NS/c1-10-6-4-8-3-2-5-9-7-8/h2-3,5,7H,4H2,1H3. The van der Waals surface area contributed by atoms with Gasteiger partial charge < -0.3 is 0 Å². The number of rotatable bonds is 1. The van der Waals surface area contributed by atoms with E-state index in [0.717, 1.165) is 6.42 Å². The Morgan fingerprint density at radius 2 is 2.60 bits per heavy atom. The number of pyridine rings is 1. The van der Waals surface area contributed by atoms with Crippen LogP contribution in [0.1, 0.15) is 5.56 Å². The monoisotopic (exact) mass is 151 g/mol. The molecular weight excluding hydrogens is 142 g/mol. The summed E-state index contributed by atoms with van der Waals surface area (Å²) in [5.74, 6) is 0. The highest BCUT2D eigenvalue weighted by atomic mass is 32.1. The Labute approximate surface area is 64.7 Å². The molecule has 0 bridgehead atoms. The van der Waals surface area contributed by atoms with Gasteiger partial charge in [-0.1, -0.05) is 11.3 Å². The molecule has 0 aliphatic rings. The van der Waals surface area contributed by atoms with Crippen LogP contribution in [0.15, 0.2) is 24.5 Å². The third-order valence-electron chi connectivity index (χ3n) is 1.14. The van der Waals surface area contributed by atoms with Gasteiger partial charge in [0.05, 0.1) is 0 Å². The number of hydrogen-bond donors (Lipinski definition) is 0. The molecule has 0 N–H and O–H groups in total. The van der Waals surface area contributed by atoms with E-state index in [-0.39, 0.29) is 0 Å². The lowest BCUT2D eigenvalue weighted by molar-refractivity contribution is 1.22. The fraction of sp³-hybridized carbons (Fsp3) is 0.250. The Morgan fingerprint density at radius 3 is 3.20 bits per heavy atom. The first-order valence-electron chi connectivity index (χ1n) is 3.08. The van der Waals surface area contributed by atoms with Crippen molar-refractivity contribution in [1.82, 2.24) is 4.98 Å². The van der Waals surface area contributed by atoms with Crippen molar-refractivity contribution in [1.29, 1.82) is 0 Å². The first kappa shape index (κ1) is 7.26. The Hall–Kier alpha value is -0.850. The molecular formula is C8H9NS. The largest absolute Gasteiger partial charge is 0.264 e. The van der Waals surface area contributed by atoms with E-state index in [1.54, 1.807) is 17.4 Å². The first-order chi connectivity index (χ1) is 4.93. The van der Waals surface area contributed by atoms with E-state index >= 15 is 0 Å². The highest BCUT2D eigenvalue weighted by Gasteiger charge is 1.84. The van der Waals surface area contributed by atoms with Crippen LogP contribution in [0.25, 0.3) is 0 Å². The van der Waals surface area contributed by atoms with Crippen LogP contribution >= 0.6 is 11.2 Å². The van der Waals surface area contributed by atoms with E-state index in [0.29, 0.717) is 0 Å². The van der Waals surface area contributed by atoms with Crippen molar-refractivity contribution in [3.05, 3.63) is 30.1 Å². The molecule has 10 heavy (non-hydrogen) atoms. The van der Waals surface area contributed by atoms with Crippen LogP contribution in [0.4, 0.5) is 0 Å². The lowest BCUT2D eigenvalue weighted by atomic mass is 10.2. The van der Waals surface area contributed by atoms with E-state index in [4.69, 9.17) is 0 Å². The topological polar surface area (TPSA) is 12.9 Å². The van der Waals surface area contributed by atoms with E-state index in [1.807, 2.05) is 18.5 Å². The quantitative estimate of drug-likeness (QED) is 0.597. The summed E-state index contributed by atoms with van der Waals surface area (Å²) in [7, 11) is 0. The molecule has 0 aliphatic heterocycles. The Morgan fingerprint density at radius 1 is 1.70 bits per heavy atom. The average molecular weight is 151 g/mol. The highest BCUT2D eigenvalue weighted by Crippen LogP contribution is 1.95. The van der Waals surface area contributed by atoms with Gasteiger partial charge in [0, 0.05) is 25.1 Å². The van der Waals surface area contributed by atoms with Crippen LogP contribution in [0, 0.1) is 5.18 Å². The predicted octanol–water partition coefficient (Wildman–Crippen LogP) is 1.95. The molecule has 1 aromatic heterocycles. The summed E-state index contributed by atoms with van der Waals surface area (Å²) in [4.78, 5) is 3.99. The van der Waals surface area contributed by atoms with Crippen LogP contribution in [0.5, 0.6) is 0 Å². The summed E-state index contributed by atoms with van der Waals surface area (Å²) < 4.78 is 0. The maximum atomic E-state index is 3.99. The molecule has 0 aliphatic carbocycles. The maximum Gasteiger partial charge on any atom is 0.0377 e. The molecule has 0 aromatic carbocycles. The van der Waals surface area contributed by atoms with Gasteiger partial charge in [-0.05, 0) is 11.6 Å². The van der Waals surface area contributed by atoms with Crippen LogP contribution in [0.3, 0.4) is 0 Å². The zero-order chi connectivity index (χ0) is 7.23. The molecule has 1 aromatic rings. The summed E-state index contributed by atoms with van der Waals surface area (Å²) in [6, 6.07) is 3.99. The third kappa shape index (κ3) is 2.18. The molecule has 0 atom stereocenters. The van der Waals surface area contributed by atoms with Gasteiger partial charge in [-0.2, -0.15) is 0 Å². The van der Waals surface area contributed by atoms with Crippen LogP contribution in [0.2, 0.25) is 0 Å². The molecule has 0 saturated heterocycles. The van der Waals surface area contributed by atoms with Crippen molar-refractivity contribution in [2.75, 3.05) is 6.26 Å². The number of aromatic nitrogens is 1. The van der Waals surface area contributed by atoms with Gasteiger partial charge in [-0.25, -0.2) is 0 Å². The fourth-order valence-electron chi connectivity index (χ4n) is 0.658. The van der Waals surface area contributed by atoms with Crippen molar-refractivity contribution >= 4 is 11.2 Å². The minimum atomic E-state index is 0.884. The van der Waals surface area contributed by atoms with Crippen molar-refractivity contribution < 1.29 is 0 Å². The summed E-state index contributed by atoms with van der Waals surface area (Å²) in [6.45, 7) is 0. The fourth-order valence-corrected chi connectivity index (χ4v) is 0.969. The smallest absolute Gasteiger partial charge is 0.0377 e. The zero-order valence-electron chi connectivity index (χ0n) is 5.87. The summed E-state index contributed by atoms with van der Waals surface area (Å²) >= 11 is 1.62. The van der Waals surface area contributed by atoms with Crippen LogP contribution in [-0.4, -0.2) is 11.2 Å². The van der Waals surface area contributed by atoms with Crippen molar-refractivity contribution in [2.45, 2.75) is 6.42 Å². The number of hydrogen-bond acceptors (Lipinski definition) is 1. The van der Waals surface area contributed by atoms with Gasteiger partial charge in [-0.3, -0.25) is 4.98 Å². The molecule has 1 rings (SSSR count). The van der Waals surface area contributed by atoms with Crippen molar-refractivity contribution in [3.8, 4) is 5.18 Å². The van der Waals surface area contributed by atoms with Gasteiger partial charge in [0.25, 0.3) is 0 Å². The molecule has 0 unspecified atom stereocenters. The second-order valence-corrected chi connectivity index (χ2v) is 2.58. The van der Waals surface area contributed by atoms with Crippen LogP contribution in [-0.2, 0) is 6.42 Å². The summed E-state index contributed by atoms with van der Waals surface area (Å²) in [5, 5.41) is 3.14. The highest BCUT2D eigenvalue weighted by molar-refractivity contribution is 7.87. The maximum absolute atomic E-state index is 3.99. The first-order valence-corrected chi connectivity index (χ1v) is 4.30. The normalized spacial score (nSPS) is 8.50. The SMILES string of the molecule is CS#CCc1cccnc1. The summed E-state index contributed by atoms with van der Waals surface area (Å²) in [5.41, 5.74) is 1.22. The molecule has 1 heterocycles. The predicted molar refractivity (Wildman–Crippen MR) is 45.3 cm³/mol. The second-order valence-electron chi connectivity index (χ2n) is 1.89. The molecule has 1 nitrogen and oxygen atoms in total. The Bertz CT molecular complexity index is 245. The Balaban J connectivity index is 2.64. The van der Waals surface area contributed by atoms with Crippen LogP contribution < -0.4 is 0 Å². The zero-order valence-corrected chi connectivity index (χ0v) is 6.69. The lowest BCUT2D eigenvalue weighted by Gasteiger charge is -1.89. The molecule has 0 spiro atoms. The van der Waals surface area contributed by atoms with E-state index in [9.17, 15) is 0 Å². The Kier molecular flexibility index (Phi) is 2.94. The number of nitrogens with zero attached hydrogens (tertiary/aromatic N) is 1. The molecule has 0 saturated carbocycles. The minimum absolute atomic E-state index is 0.884. The van der Waals surface area contributed by atoms with Gasteiger partial charge >= 0.3 is 0 Å². The van der Waals surface area contributed by atoms with Gasteiger partial charge in [0.15, 0.2) is 0 Å². The lowest BCUT2D eigenvalue weighted by Crippen LogP contribution is -1.79. The minimum Gasteiger partial charge on any atom is -0.264 e. The summed E-state index contributed by atoms with van der Waals surface area (Å²) in [6.07, 6.45) is 6.54. The van der Waals surface area contributed by atoms with Gasteiger partial charge in [0.1, 0.15) is 0 Å². The molecule has 52 valence electrons. The van der Waals surface area contributed by atoms with Gasteiger partial charge in [-0.15, -0.1) is 11.2 Å². The molecule has 2 heteroatoms. The molecule has 0 fully saturated rings. The van der Waals surface area contributed by atoms with E-state index in [1.165, 1.54) is 5.56 Å². The molecule has 0 amide bonds. The van der Waals surface area contributed by atoms with Crippen molar-refractivity contribution in [2.24, 2.45) is 0 Å². The third-order valence-corrected chi connectivity index (χ3v) is 1.58.